The Hall–Kier alpha value is -2.65. The highest BCUT2D eigenvalue weighted by atomic mass is 35.5. The van der Waals surface area contributed by atoms with Gasteiger partial charge >= 0.3 is 0 Å². The lowest BCUT2D eigenvalue weighted by Gasteiger charge is -2.23. The summed E-state index contributed by atoms with van der Waals surface area (Å²) in [4.78, 5) is 22.6. The van der Waals surface area contributed by atoms with Crippen LogP contribution in [0.4, 0.5) is 17.1 Å². The molecule has 0 unspecified atom stereocenters. The molecule has 0 spiro atoms. The molecule has 0 saturated heterocycles. The smallest absolute Gasteiger partial charge is 0.271 e. The number of hydrogen-bond donors (Lipinski definition) is 1. The molecule has 2 aromatic carbocycles. The minimum absolute atomic E-state index is 0.169. The molecule has 10 heteroatoms. The maximum absolute atomic E-state index is 12.4. The Balaban J connectivity index is 2.28. The van der Waals surface area contributed by atoms with E-state index in [2.05, 4.69) is 5.32 Å². The second-order valence-corrected chi connectivity index (χ2v) is 7.84. The Labute approximate surface area is 155 Å². The van der Waals surface area contributed by atoms with Crippen LogP contribution in [0.25, 0.3) is 0 Å². The van der Waals surface area contributed by atoms with Gasteiger partial charge in [0.25, 0.3) is 5.69 Å². The van der Waals surface area contributed by atoms with Gasteiger partial charge in [0.15, 0.2) is 0 Å². The quantitative estimate of drug-likeness (QED) is 0.595. The lowest BCUT2D eigenvalue weighted by molar-refractivity contribution is -0.384. The fourth-order valence-electron chi connectivity index (χ4n) is 2.21. The third-order valence-corrected chi connectivity index (χ3v) is 4.96. The van der Waals surface area contributed by atoms with E-state index in [1.807, 2.05) is 0 Å². The second kappa shape index (κ2) is 7.71. The molecule has 0 aliphatic rings. The predicted octanol–water partition coefficient (Wildman–Crippen LogP) is 2.96. The van der Waals surface area contributed by atoms with Crippen LogP contribution in [0.5, 0.6) is 0 Å². The largest absolute Gasteiger partial charge is 0.324 e. The molecule has 0 atom stereocenters. The first-order valence-corrected chi connectivity index (χ1v) is 9.59. The molecule has 0 aliphatic heterocycles. The summed E-state index contributed by atoms with van der Waals surface area (Å²) in [6.45, 7) is 1.15. The number of nitrogens with one attached hydrogen (secondary N) is 1. The van der Waals surface area contributed by atoms with Gasteiger partial charge in [-0.3, -0.25) is 19.2 Å². The molecule has 0 aromatic heterocycles. The highest BCUT2D eigenvalue weighted by Gasteiger charge is 2.23. The summed E-state index contributed by atoms with van der Waals surface area (Å²) in [5.41, 5.74) is 0.823. The van der Waals surface area contributed by atoms with Gasteiger partial charge in [-0.2, -0.15) is 0 Å². The number of carbonyl (C=O) groups excluding carboxylic acids is 1. The summed E-state index contributed by atoms with van der Waals surface area (Å²) < 4.78 is 25.0. The average molecular weight is 398 g/mol. The van der Waals surface area contributed by atoms with Crippen molar-refractivity contribution in [3.05, 3.63) is 63.2 Å². The standard InChI is InChI=1S/C16H16ClN3O5S/c1-11-7-8-12(20(22)23)9-14(11)18-16(21)10-19(26(2,24)25)15-6-4-3-5-13(15)17/h3-9H,10H2,1-2H3,(H,18,21). The van der Waals surface area contributed by atoms with Crippen molar-refractivity contribution in [2.75, 3.05) is 22.4 Å². The summed E-state index contributed by atoms with van der Waals surface area (Å²) in [7, 11) is -3.78. The molecule has 1 amide bonds. The second-order valence-electron chi connectivity index (χ2n) is 5.53. The van der Waals surface area contributed by atoms with Crippen LogP contribution in [-0.2, 0) is 14.8 Å². The molecule has 0 saturated carbocycles. The highest BCUT2D eigenvalue weighted by Crippen LogP contribution is 2.27. The van der Waals surface area contributed by atoms with Gasteiger partial charge in [-0.25, -0.2) is 8.42 Å². The lowest BCUT2D eigenvalue weighted by Crippen LogP contribution is -2.37. The first kappa shape index (κ1) is 19.7. The molecule has 138 valence electrons. The summed E-state index contributed by atoms with van der Waals surface area (Å²) in [6, 6.07) is 10.3. The summed E-state index contributed by atoms with van der Waals surface area (Å²) in [6.07, 6.45) is 0.961. The van der Waals surface area contributed by atoms with Crippen molar-refractivity contribution < 1.29 is 18.1 Å². The molecule has 0 radical (unpaired) electrons. The van der Waals surface area contributed by atoms with Crippen molar-refractivity contribution in [3.63, 3.8) is 0 Å². The van der Waals surface area contributed by atoms with Crippen LogP contribution >= 0.6 is 11.6 Å². The molecule has 0 aliphatic carbocycles. The number of aryl methyl sites for hydroxylation is 1. The number of amides is 1. The van der Waals surface area contributed by atoms with Crippen LogP contribution in [0, 0.1) is 17.0 Å². The number of hydrogen-bond acceptors (Lipinski definition) is 5. The van der Waals surface area contributed by atoms with Gasteiger partial charge in [-0.1, -0.05) is 29.8 Å². The molecule has 0 fully saturated rings. The molecule has 2 aromatic rings. The van der Waals surface area contributed by atoms with E-state index < -0.39 is 27.4 Å². The van der Waals surface area contributed by atoms with E-state index in [-0.39, 0.29) is 22.1 Å². The normalized spacial score (nSPS) is 11.0. The van der Waals surface area contributed by atoms with E-state index in [0.29, 0.717) is 5.56 Å². The number of carbonyl (C=O) groups is 1. The zero-order valence-electron chi connectivity index (χ0n) is 14.0. The van der Waals surface area contributed by atoms with Crippen LogP contribution in [0.3, 0.4) is 0 Å². The zero-order valence-corrected chi connectivity index (χ0v) is 15.5. The third kappa shape index (κ3) is 4.70. The Kier molecular flexibility index (Phi) is 5.83. The molecular weight excluding hydrogens is 382 g/mol. The molecular formula is C16H16ClN3O5S. The Morgan fingerprint density at radius 2 is 1.92 bits per heavy atom. The van der Waals surface area contributed by atoms with Crippen molar-refractivity contribution >= 4 is 44.6 Å². The lowest BCUT2D eigenvalue weighted by atomic mass is 10.2. The third-order valence-electron chi connectivity index (χ3n) is 3.51. The van der Waals surface area contributed by atoms with Gasteiger partial charge in [0.05, 0.1) is 27.6 Å². The number of sulfonamides is 1. The first-order chi connectivity index (χ1) is 12.1. The molecule has 8 nitrogen and oxygen atoms in total. The van der Waals surface area contributed by atoms with Crippen molar-refractivity contribution in [1.29, 1.82) is 0 Å². The van der Waals surface area contributed by atoms with Gasteiger partial charge in [0.1, 0.15) is 6.54 Å². The monoisotopic (exact) mass is 397 g/mol. The Bertz CT molecular complexity index is 962. The van der Waals surface area contributed by atoms with Crippen LogP contribution in [0.15, 0.2) is 42.5 Å². The minimum Gasteiger partial charge on any atom is -0.324 e. The van der Waals surface area contributed by atoms with E-state index in [9.17, 15) is 23.3 Å². The van der Waals surface area contributed by atoms with Gasteiger partial charge in [-0.05, 0) is 24.6 Å². The number of anilines is 2. The van der Waals surface area contributed by atoms with Gasteiger partial charge in [-0.15, -0.1) is 0 Å². The van der Waals surface area contributed by atoms with E-state index in [4.69, 9.17) is 11.6 Å². The van der Waals surface area contributed by atoms with Gasteiger partial charge in [0, 0.05) is 12.1 Å². The highest BCUT2D eigenvalue weighted by molar-refractivity contribution is 7.92. The fourth-order valence-corrected chi connectivity index (χ4v) is 3.37. The summed E-state index contributed by atoms with van der Waals surface area (Å²) in [5.74, 6) is -0.654. The van der Waals surface area contributed by atoms with Crippen molar-refractivity contribution in [1.82, 2.24) is 0 Å². The minimum atomic E-state index is -3.78. The fraction of sp³-hybridized carbons (Fsp3) is 0.188. The van der Waals surface area contributed by atoms with Crippen LogP contribution in [0.2, 0.25) is 5.02 Å². The molecule has 2 rings (SSSR count). The van der Waals surface area contributed by atoms with Crippen LogP contribution in [-0.4, -0.2) is 32.0 Å². The number of nitrogens with zero attached hydrogens (tertiary/aromatic N) is 2. The Morgan fingerprint density at radius 1 is 1.27 bits per heavy atom. The predicted molar refractivity (Wildman–Crippen MR) is 100 cm³/mol. The molecule has 0 bridgehead atoms. The number of rotatable bonds is 6. The maximum Gasteiger partial charge on any atom is 0.271 e. The van der Waals surface area contributed by atoms with Crippen LogP contribution in [0.1, 0.15) is 5.56 Å². The number of benzene rings is 2. The summed E-state index contributed by atoms with van der Waals surface area (Å²) in [5, 5.41) is 13.6. The molecule has 1 N–H and O–H groups in total. The first-order valence-electron chi connectivity index (χ1n) is 7.36. The Morgan fingerprint density at radius 3 is 2.50 bits per heavy atom. The van der Waals surface area contributed by atoms with Crippen molar-refractivity contribution in [3.8, 4) is 0 Å². The van der Waals surface area contributed by atoms with Gasteiger partial charge < -0.3 is 5.32 Å². The number of nitro groups is 1. The van der Waals surface area contributed by atoms with E-state index in [1.54, 1.807) is 19.1 Å². The topological polar surface area (TPSA) is 110 Å². The van der Waals surface area contributed by atoms with E-state index in [1.165, 1.54) is 30.3 Å². The molecule has 0 heterocycles. The maximum atomic E-state index is 12.4. The average Bonchev–Trinajstić information content (AvgIpc) is 2.54. The SMILES string of the molecule is Cc1ccc([N+](=O)[O-])cc1NC(=O)CN(c1ccccc1Cl)S(C)(=O)=O. The summed E-state index contributed by atoms with van der Waals surface area (Å²) >= 11 is 6.04. The van der Waals surface area contributed by atoms with Gasteiger partial charge in [0.2, 0.25) is 15.9 Å². The number of nitro benzene ring substituents is 1. The van der Waals surface area contributed by atoms with Crippen molar-refractivity contribution in [2.24, 2.45) is 0 Å². The van der Waals surface area contributed by atoms with E-state index in [0.717, 1.165) is 10.6 Å². The molecule has 26 heavy (non-hydrogen) atoms. The van der Waals surface area contributed by atoms with Crippen LogP contribution < -0.4 is 9.62 Å². The zero-order chi connectivity index (χ0) is 19.5. The van der Waals surface area contributed by atoms with Crippen molar-refractivity contribution in [2.45, 2.75) is 6.92 Å². The van der Waals surface area contributed by atoms with E-state index >= 15 is 0 Å². The number of para-hydroxylation sites is 1. The number of non-ortho nitro benzene ring substituents is 1. The number of halogens is 1.